The molecule has 0 radical (unpaired) electrons. The SMILES string of the molecule is CC(C)c1c(O)ccc2cnc(Nc3ccccc3)nc12. The van der Waals surface area contributed by atoms with Gasteiger partial charge in [-0.1, -0.05) is 32.0 Å². The zero-order chi connectivity index (χ0) is 14.8. The number of nitrogens with one attached hydrogen (secondary N) is 1. The third kappa shape index (κ3) is 2.65. The van der Waals surface area contributed by atoms with E-state index < -0.39 is 0 Å². The van der Waals surface area contributed by atoms with Crippen molar-refractivity contribution >= 4 is 22.5 Å². The smallest absolute Gasteiger partial charge is 0.227 e. The standard InChI is InChI=1S/C17H17N3O/c1-11(2)15-14(21)9-8-12-10-18-17(20-16(12)15)19-13-6-4-3-5-7-13/h3-11,21H,1-2H3,(H,18,19,20). The molecule has 1 aromatic heterocycles. The fourth-order valence-electron chi connectivity index (χ4n) is 2.39. The number of aromatic hydroxyl groups is 1. The van der Waals surface area contributed by atoms with Crippen LogP contribution in [-0.4, -0.2) is 15.1 Å². The highest BCUT2D eigenvalue weighted by Crippen LogP contribution is 2.32. The summed E-state index contributed by atoms with van der Waals surface area (Å²) in [6, 6.07) is 13.3. The zero-order valence-corrected chi connectivity index (χ0v) is 12.0. The Kier molecular flexibility index (Phi) is 3.44. The first-order chi connectivity index (χ1) is 10.1. The van der Waals surface area contributed by atoms with Crippen LogP contribution in [0.4, 0.5) is 11.6 Å². The summed E-state index contributed by atoms with van der Waals surface area (Å²) in [5, 5.41) is 14.2. The van der Waals surface area contributed by atoms with Crippen LogP contribution in [-0.2, 0) is 0 Å². The lowest BCUT2D eigenvalue weighted by molar-refractivity contribution is 0.466. The molecule has 21 heavy (non-hydrogen) atoms. The van der Waals surface area contributed by atoms with E-state index in [2.05, 4.69) is 15.3 Å². The first kappa shape index (κ1) is 13.4. The van der Waals surface area contributed by atoms with Gasteiger partial charge in [0, 0.05) is 22.8 Å². The summed E-state index contributed by atoms with van der Waals surface area (Å²) in [6.07, 6.45) is 1.78. The number of anilines is 2. The molecule has 0 saturated carbocycles. The Balaban J connectivity index is 2.08. The predicted molar refractivity (Wildman–Crippen MR) is 85.0 cm³/mol. The molecule has 0 spiro atoms. The quantitative estimate of drug-likeness (QED) is 0.754. The highest BCUT2D eigenvalue weighted by atomic mass is 16.3. The highest BCUT2D eigenvalue weighted by Gasteiger charge is 2.13. The summed E-state index contributed by atoms with van der Waals surface area (Å²) in [5.41, 5.74) is 2.58. The van der Waals surface area contributed by atoms with Gasteiger partial charge in [-0.3, -0.25) is 0 Å². The molecule has 4 nitrogen and oxygen atoms in total. The molecule has 0 aliphatic rings. The lowest BCUT2D eigenvalue weighted by atomic mass is 9.99. The number of phenols is 1. The van der Waals surface area contributed by atoms with Crippen molar-refractivity contribution < 1.29 is 5.11 Å². The molecule has 2 N–H and O–H groups in total. The van der Waals surface area contributed by atoms with Crippen LogP contribution in [0.15, 0.2) is 48.7 Å². The fraction of sp³-hybridized carbons (Fsp3) is 0.176. The second-order valence-electron chi connectivity index (χ2n) is 5.28. The van der Waals surface area contributed by atoms with Crippen molar-refractivity contribution in [1.29, 1.82) is 0 Å². The van der Waals surface area contributed by atoms with Crippen LogP contribution in [0.5, 0.6) is 5.75 Å². The number of benzene rings is 2. The zero-order valence-electron chi connectivity index (χ0n) is 12.0. The topological polar surface area (TPSA) is 58.0 Å². The maximum absolute atomic E-state index is 10.1. The number of aromatic nitrogens is 2. The summed E-state index contributed by atoms with van der Waals surface area (Å²) in [4.78, 5) is 8.90. The van der Waals surface area contributed by atoms with Gasteiger partial charge < -0.3 is 10.4 Å². The summed E-state index contributed by atoms with van der Waals surface area (Å²) < 4.78 is 0. The number of phenolic OH excluding ortho intramolecular Hbond substituents is 1. The second-order valence-corrected chi connectivity index (χ2v) is 5.28. The molecular weight excluding hydrogens is 262 g/mol. The molecule has 0 unspecified atom stereocenters. The van der Waals surface area contributed by atoms with E-state index in [-0.39, 0.29) is 11.7 Å². The molecule has 3 rings (SSSR count). The average molecular weight is 279 g/mol. The minimum Gasteiger partial charge on any atom is -0.508 e. The van der Waals surface area contributed by atoms with Gasteiger partial charge in [0.2, 0.25) is 5.95 Å². The first-order valence-electron chi connectivity index (χ1n) is 6.96. The maximum atomic E-state index is 10.1. The summed E-state index contributed by atoms with van der Waals surface area (Å²) in [5.74, 6) is 0.997. The molecule has 0 aliphatic heterocycles. The molecule has 2 aromatic carbocycles. The van der Waals surface area contributed by atoms with Gasteiger partial charge in [0.25, 0.3) is 0 Å². The normalized spacial score (nSPS) is 11.0. The van der Waals surface area contributed by atoms with Crippen LogP contribution in [0.3, 0.4) is 0 Å². The van der Waals surface area contributed by atoms with Crippen LogP contribution in [0, 0.1) is 0 Å². The second kappa shape index (κ2) is 5.40. The van der Waals surface area contributed by atoms with E-state index in [1.807, 2.05) is 50.2 Å². The molecule has 0 fully saturated rings. The minimum absolute atomic E-state index is 0.188. The van der Waals surface area contributed by atoms with Crippen molar-refractivity contribution in [2.75, 3.05) is 5.32 Å². The number of fused-ring (bicyclic) bond motifs is 1. The lowest BCUT2D eigenvalue weighted by Crippen LogP contribution is -1.99. The predicted octanol–water partition coefficient (Wildman–Crippen LogP) is 4.20. The molecule has 0 saturated heterocycles. The molecule has 4 heteroatoms. The van der Waals surface area contributed by atoms with E-state index in [1.165, 1.54) is 0 Å². The van der Waals surface area contributed by atoms with Crippen molar-refractivity contribution in [3.05, 3.63) is 54.2 Å². The number of nitrogens with zero attached hydrogens (tertiary/aromatic N) is 2. The molecule has 106 valence electrons. The van der Waals surface area contributed by atoms with E-state index in [4.69, 9.17) is 0 Å². The van der Waals surface area contributed by atoms with Gasteiger partial charge in [-0.15, -0.1) is 0 Å². The van der Waals surface area contributed by atoms with E-state index in [0.29, 0.717) is 5.95 Å². The van der Waals surface area contributed by atoms with Crippen molar-refractivity contribution in [2.45, 2.75) is 19.8 Å². The Hall–Kier alpha value is -2.62. The van der Waals surface area contributed by atoms with Crippen LogP contribution < -0.4 is 5.32 Å². The van der Waals surface area contributed by atoms with E-state index in [9.17, 15) is 5.11 Å². The van der Waals surface area contributed by atoms with Gasteiger partial charge in [0.05, 0.1) is 5.52 Å². The van der Waals surface area contributed by atoms with E-state index in [0.717, 1.165) is 22.2 Å². The number of rotatable bonds is 3. The lowest BCUT2D eigenvalue weighted by Gasteiger charge is -2.12. The van der Waals surface area contributed by atoms with Gasteiger partial charge in [0.15, 0.2) is 0 Å². The molecule has 0 bridgehead atoms. The van der Waals surface area contributed by atoms with E-state index in [1.54, 1.807) is 12.3 Å². The number of para-hydroxylation sites is 1. The molecule has 0 aliphatic carbocycles. The van der Waals surface area contributed by atoms with E-state index >= 15 is 0 Å². The third-order valence-electron chi connectivity index (χ3n) is 3.38. The van der Waals surface area contributed by atoms with Crippen LogP contribution in [0.1, 0.15) is 25.3 Å². The molecule has 0 amide bonds. The fourth-order valence-corrected chi connectivity index (χ4v) is 2.39. The van der Waals surface area contributed by atoms with Crippen LogP contribution in [0.2, 0.25) is 0 Å². The largest absolute Gasteiger partial charge is 0.508 e. The van der Waals surface area contributed by atoms with Gasteiger partial charge in [-0.2, -0.15) is 0 Å². The first-order valence-corrected chi connectivity index (χ1v) is 6.96. The van der Waals surface area contributed by atoms with Gasteiger partial charge in [0.1, 0.15) is 5.75 Å². The number of hydrogen-bond acceptors (Lipinski definition) is 4. The monoisotopic (exact) mass is 279 g/mol. The Bertz CT molecular complexity index is 770. The Morgan fingerprint density at radius 2 is 1.81 bits per heavy atom. The summed E-state index contributed by atoms with van der Waals surface area (Å²) >= 11 is 0. The third-order valence-corrected chi connectivity index (χ3v) is 3.38. The van der Waals surface area contributed by atoms with Crippen molar-refractivity contribution in [3.63, 3.8) is 0 Å². The summed E-state index contributed by atoms with van der Waals surface area (Å²) in [6.45, 7) is 4.09. The Labute approximate surface area is 123 Å². The minimum atomic E-state index is 0.188. The Morgan fingerprint density at radius 1 is 1.05 bits per heavy atom. The average Bonchev–Trinajstić information content (AvgIpc) is 2.47. The van der Waals surface area contributed by atoms with Crippen molar-refractivity contribution in [1.82, 2.24) is 9.97 Å². The van der Waals surface area contributed by atoms with Crippen molar-refractivity contribution in [2.24, 2.45) is 0 Å². The molecule has 0 atom stereocenters. The van der Waals surface area contributed by atoms with Gasteiger partial charge in [-0.05, 0) is 30.2 Å². The van der Waals surface area contributed by atoms with Gasteiger partial charge >= 0.3 is 0 Å². The Morgan fingerprint density at radius 3 is 2.52 bits per heavy atom. The van der Waals surface area contributed by atoms with Crippen molar-refractivity contribution in [3.8, 4) is 5.75 Å². The maximum Gasteiger partial charge on any atom is 0.227 e. The van der Waals surface area contributed by atoms with Crippen LogP contribution in [0.25, 0.3) is 10.9 Å². The summed E-state index contributed by atoms with van der Waals surface area (Å²) in [7, 11) is 0. The molecule has 3 aromatic rings. The highest BCUT2D eigenvalue weighted by molar-refractivity contribution is 5.85. The number of hydrogen-bond donors (Lipinski definition) is 2. The molecular formula is C17H17N3O. The van der Waals surface area contributed by atoms with Crippen LogP contribution >= 0.6 is 0 Å². The molecule has 1 heterocycles. The van der Waals surface area contributed by atoms with Gasteiger partial charge in [-0.25, -0.2) is 9.97 Å².